The Labute approximate surface area is 208 Å². The minimum Gasteiger partial charge on any atom is -0.497 e. The summed E-state index contributed by atoms with van der Waals surface area (Å²) >= 11 is 1.47. The van der Waals surface area contributed by atoms with Gasteiger partial charge in [-0.2, -0.15) is 0 Å². The standard InChI is InChI=1S/C27H24N2O5S/c1-17-4-7-20(8-5-17)29-26(30)22(12-18-6-10-24-25(13-18)34-16-33-24)28-27(29)35-15-19-14-21(31-2)9-11-23(19)32-3/h4-14H,15-16H2,1-3H3/b22-12-. The summed E-state index contributed by atoms with van der Waals surface area (Å²) in [7, 11) is 3.27. The predicted molar refractivity (Wildman–Crippen MR) is 137 cm³/mol. The van der Waals surface area contributed by atoms with Crippen LogP contribution in [-0.4, -0.2) is 32.1 Å². The minimum atomic E-state index is -0.188. The van der Waals surface area contributed by atoms with Gasteiger partial charge in [-0.05, 0) is 61.0 Å². The maximum Gasteiger partial charge on any atom is 0.283 e. The van der Waals surface area contributed by atoms with Crippen molar-refractivity contribution in [1.29, 1.82) is 0 Å². The van der Waals surface area contributed by atoms with Gasteiger partial charge >= 0.3 is 0 Å². The van der Waals surface area contributed by atoms with Gasteiger partial charge in [0, 0.05) is 11.3 Å². The lowest BCUT2D eigenvalue weighted by molar-refractivity contribution is -0.113. The first-order chi connectivity index (χ1) is 17.1. The van der Waals surface area contributed by atoms with Gasteiger partial charge in [0.15, 0.2) is 16.7 Å². The number of carbonyl (C=O) groups is 1. The largest absolute Gasteiger partial charge is 0.497 e. The van der Waals surface area contributed by atoms with E-state index in [2.05, 4.69) is 0 Å². The maximum absolute atomic E-state index is 13.5. The molecule has 0 bridgehead atoms. The smallest absolute Gasteiger partial charge is 0.283 e. The number of fused-ring (bicyclic) bond motifs is 1. The lowest BCUT2D eigenvalue weighted by Crippen LogP contribution is -2.30. The molecule has 0 atom stereocenters. The average molecular weight is 489 g/mol. The zero-order valence-electron chi connectivity index (χ0n) is 19.6. The molecule has 3 aromatic carbocycles. The highest BCUT2D eigenvalue weighted by molar-refractivity contribution is 8.13. The summed E-state index contributed by atoms with van der Waals surface area (Å²) in [5.74, 6) is 3.20. The number of carbonyl (C=O) groups excluding carboxylic acids is 1. The number of methoxy groups -OCH3 is 2. The zero-order chi connectivity index (χ0) is 24.4. The van der Waals surface area contributed by atoms with Crippen LogP contribution in [-0.2, 0) is 10.5 Å². The summed E-state index contributed by atoms with van der Waals surface area (Å²) < 4.78 is 21.8. The Hall–Kier alpha value is -3.91. The lowest BCUT2D eigenvalue weighted by Gasteiger charge is -2.18. The summed E-state index contributed by atoms with van der Waals surface area (Å²) in [5, 5.41) is 0.593. The van der Waals surface area contributed by atoms with E-state index in [1.807, 2.05) is 67.6 Å². The molecule has 1 amide bonds. The number of amides is 1. The Morgan fingerprint density at radius 2 is 1.80 bits per heavy atom. The molecule has 0 radical (unpaired) electrons. The Morgan fingerprint density at radius 3 is 2.57 bits per heavy atom. The molecule has 0 saturated carbocycles. The van der Waals surface area contributed by atoms with Crippen LogP contribution in [0.1, 0.15) is 16.7 Å². The molecule has 2 aliphatic heterocycles. The summed E-state index contributed by atoms with van der Waals surface area (Å²) in [6.45, 7) is 2.21. The van der Waals surface area contributed by atoms with E-state index in [1.165, 1.54) is 11.8 Å². The molecule has 178 valence electrons. The van der Waals surface area contributed by atoms with Crippen LogP contribution in [0.3, 0.4) is 0 Å². The number of amidine groups is 1. The fraction of sp³-hybridized carbons (Fsp3) is 0.185. The first-order valence-corrected chi connectivity index (χ1v) is 12.0. The molecule has 0 aromatic heterocycles. The number of rotatable bonds is 6. The molecule has 0 N–H and O–H groups in total. The zero-order valence-corrected chi connectivity index (χ0v) is 20.4. The van der Waals surface area contributed by atoms with Crippen LogP contribution in [0.25, 0.3) is 6.08 Å². The van der Waals surface area contributed by atoms with E-state index in [4.69, 9.17) is 23.9 Å². The van der Waals surface area contributed by atoms with Gasteiger partial charge < -0.3 is 18.9 Å². The fourth-order valence-corrected chi connectivity index (χ4v) is 4.80. The number of anilines is 1. The number of aliphatic imine (C=N–C) groups is 1. The predicted octanol–water partition coefficient (Wildman–Crippen LogP) is 5.42. The highest BCUT2D eigenvalue weighted by atomic mass is 32.2. The molecule has 0 unspecified atom stereocenters. The number of nitrogens with zero attached hydrogens (tertiary/aromatic N) is 2. The molecular formula is C27H24N2O5S. The molecule has 35 heavy (non-hydrogen) atoms. The van der Waals surface area contributed by atoms with Crippen LogP contribution in [0.2, 0.25) is 0 Å². The van der Waals surface area contributed by atoms with Crippen LogP contribution in [0.5, 0.6) is 23.0 Å². The highest BCUT2D eigenvalue weighted by Gasteiger charge is 2.32. The highest BCUT2D eigenvalue weighted by Crippen LogP contribution is 2.36. The van der Waals surface area contributed by atoms with Crippen molar-refractivity contribution in [3.63, 3.8) is 0 Å². The number of thioether (sulfide) groups is 1. The van der Waals surface area contributed by atoms with E-state index in [9.17, 15) is 4.79 Å². The molecule has 2 heterocycles. The normalized spacial score (nSPS) is 15.5. The van der Waals surface area contributed by atoms with E-state index < -0.39 is 0 Å². The first kappa shape index (κ1) is 22.9. The van der Waals surface area contributed by atoms with E-state index >= 15 is 0 Å². The van der Waals surface area contributed by atoms with Crippen molar-refractivity contribution in [1.82, 2.24) is 0 Å². The van der Waals surface area contributed by atoms with Crippen LogP contribution >= 0.6 is 11.8 Å². The molecule has 0 spiro atoms. The number of benzene rings is 3. The molecule has 8 heteroatoms. The van der Waals surface area contributed by atoms with Crippen molar-refractivity contribution in [3.8, 4) is 23.0 Å². The van der Waals surface area contributed by atoms with E-state index in [0.29, 0.717) is 28.1 Å². The van der Waals surface area contributed by atoms with Crippen molar-refractivity contribution in [2.45, 2.75) is 12.7 Å². The van der Waals surface area contributed by atoms with Crippen LogP contribution < -0.4 is 23.8 Å². The summed E-state index contributed by atoms with van der Waals surface area (Å²) in [5.41, 5.74) is 3.99. The van der Waals surface area contributed by atoms with Crippen LogP contribution in [0.15, 0.2) is 71.4 Å². The fourth-order valence-electron chi connectivity index (χ4n) is 3.81. The van der Waals surface area contributed by atoms with Gasteiger partial charge in [-0.15, -0.1) is 0 Å². The summed E-state index contributed by atoms with van der Waals surface area (Å²) in [6, 6.07) is 19.0. The van der Waals surface area contributed by atoms with E-state index in [-0.39, 0.29) is 12.7 Å². The number of aryl methyl sites for hydroxylation is 1. The van der Waals surface area contributed by atoms with Crippen molar-refractivity contribution in [3.05, 3.63) is 83.1 Å². The molecule has 7 nitrogen and oxygen atoms in total. The third-order valence-corrected chi connectivity index (χ3v) is 6.65. The number of hydrogen-bond donors (Lipinski definition) is 0. The van der Waals surface area contributed by atoms with Crippen LogP contribution in [0, 0.1) is 6.92 Å². The van der Waals surface area contributed by atoms with Crippen molar-refractivity contribution < 1.29 is 23.7 Å². The quantitative estimate of drug-likeness (QED) is 0.432. The van der Waals surface area contributed by atoms with Crippen molar-refractivity contribution >= 4 is 34.6 Å². The summed E-state index contributed by atoms with van der Waals surface area (Å²) in [6.07, 6.45) is 1.77. The van der Waals surface area contributed by atoms with Gasteiger partial charge in [-0.3, -0.25) is 9.69 Å². The molecule has 0 fully saturated rings. The molecule has 5 rings (SSSR count). The van der Waals surface area contributed by atoms with E-state index in [1.54, 1.807) is 25.2 Å². The molecule has 2 aliphatic rings. The number of ether oxygens (including phenoxy) is 4. The topological polar surface area (TPSA) is 69.6 Å². The summed E-state index contributed by atoms with van der Waals surface area (Å²) in [4.78, 5) is 19.9. The monoisotopic (exact) mass is 488 g/mol. The number of hydrogen-bond acceptors (Lipinski definition) is 7. The van der Waals surface area contributed by atoms with Crippen molar-refractivity contribution in [2.24, 2.45) is 4.99 Å². The van der Waals surface area contributed by atoms with E-state index in [0.717, 1.165) is 33.9 Å². The van der Waals surface area contributed by atoms with Gasteiger partial charge in [0.05, 0.1) is 19.9 Å². The molecule has 3 aromatic rings. The average Bonchev–Trinajstić information content (AvgIpc) is 3.47. The third-order valence-electron chi connectivity index (χ3n) is 5.67. The molecular weight excluding hydrogens is 464 g/mol. The Balaban J connectivity index is 1.48. The van der Waals surface area contributed by atoms with Crippen LogP contribution in [0.4, 0.5) is 5.69 Å². The second-order valence-corrected chi connectivity index (χ2v) is 8.92. The van der Waals surface area contributed by atoms with Gasteiger partial charge in [0.1, 0.15) is 17.2 Å². The Bertz CT molecular complexity index is 1330. The van der Waals surface area contributed by atoms with Crippen molar-refractivity contribution in [2.75, 3.05) is 25.9 Å². The van der Waals surface area contributed by atoms with Gasteiger partial charge in [-0.1, -0.05) is 35.5 Å². The molecule has 0 aliphatic carbocycles. The molecule has 0 saturated heterocycles. The SMILES string of the molecule is COc1ccc(OC)c(CSC2=N/C(=C\c3ccc4c(c3)OCO4)C(=O)N2c2ccc(C)cc2)c1. The maximum atomic E-state index is 13.5. The van der Waals surface area contributed by atoms with Gasteiger partial charge in [0.25, 0.3) is 5.91 Å². The van der Waals surface area contributed by atoms with Gasteiger partial charge in [0.2, 0.25) is 6.79 Å². The minimum absolute atomic E-state index is 0.188. The third kappa shape index (κ3) is 4.70. The lowest BCUT2D eigenvalue weighted by atomic mass is 10.1. The Morgan fingerprint density at radius 1 is 1.00 bits per heavy atom. The second-order valence-electron chi connectivity index (χ2n) is 7.98. The second kappa shape index (κ2) is 9.76. The van der Waals surface area contributed by atoms with Gasteiger partial charge in [-0.25, -0.2) is 4.99 Å². The first-order valence-electron chi connectivity index (χ1n) is 11.0. The Kier molecular flexibility index (Phi) is 6.37.